The van der Waals surface area contributed by atoms with Crippen molar-refractivity contribution in [1.29, 1.82) is 0 Å². The summed E-state index contributed by atoms with van der Waals surface area (Å²) >= 11 is 0. The van der Waals surface area contributed by atoms with Gasteiger partial charge in [-0.25, -0.2) is 0 Å². The van der Waals surface area contributed by atoms with E-state index in [0.29, 0.717) is 6.42 Å². The van der Waals surface area contributed by atoms with Gasteiger partial charge in [-0.1, -0.05) is 26.8 Å². The highest BCUT2D eigenvalue weighted by Crippen LogP contribution is 2.33. The van der Waals surface area contributed by atoms with Gasteiger partial charge in [0, 0.05) is 6.42 Å². The van der Waals surface area contributed by atoms with E-state index in [9.17, 15) is 4.79 Å². The zero-order valence-electron chi connectivity index (χ0n) is 11.5. The lowest BCUT2D eigenvalue weighted by Gasteiger charge is -2.24. The molecule has 2 nitrogen and oxygen atoms in total. The van der Waals surface area contributed by atoms with Crippen LogP contribution in [0.25, 0.3) is 0 Å². The summed E-state index contributed by atoms with van der Waals surface area (Å²) in [6, 6.07) is 4.25. The number of ether oxygens (including phenoxy) is 1. The van der Waals surface area contributed by atoms with Gasteiger partial charge in [-0.15, -0.1) is 0 Å². The highest BCUT2D eigenvalue weighted by molar-refractivity contribution is 5.52. The molecule has 0 aliphatic rings. The second kappa shape index (κ2) is 5.35. The zero-order chi connectivity index (χ0) is 13.1. The molecule has 0 radical (unpaired) electrons. The minimum Gasteiger partial charge on any atom is -0.496 e. The van der Waals surface area contributed by atoms with Crippen LogP contribution in [0, 0.1) is 6.92 Å². The van der Waals surface area contributed by atoms with E-state index in [0.717, 1.165) is 18.5 Å². The van der Waals surface area contributed by atoms with Crippen LogP contribution >= 0.6 is 0 Å². The lowest BCUT2D eigenvalue weighted by Crippen LogP contribution is -2.14. The van der Waals surface area contributed by atoms with Gasteiger partial charge >= 0.3 is 0 Å². The topological polar surface area (TPSA) is 26.3 Å². The first-order valence-corrected chi connectivity index (χ1v) is 6.01. The standard InChI is InChI=1S/C15H22O2/c1-11-9-14(17-5)13(15(2,3)4)10-12(11)7-6-8-16/h8-10H,6-7H2,1-5H3. The van der Waals surface area contributed by atoms with Gasteiger partial charge in [0.1, 0.15) is 12.0 Å². The zero-order valence-corrected chi connectivity index (χ0v) is 11.5. The van der Waals surface area contributed by atoms with Gasteiger partial charge in [-0.2, -0.15) is 0 Å². The Hall–Kier alpha value is -1.31. The number of aldehydes is 1. The third-order valence-corrected chi connectivity index (χ3v) is 3.00. The molecular weight excluding hydrogens is 212 g/mol. The van der Waals surface area contributed by atoms with E-state index in [1.807, 2.05) is 0 Å². The van der Waals surface area contributed by atoms with Crippen molar-refractivity contribution < 1.29 is 9.53 Å². The fourth-order valence-corrected chi connectivity index (χ4v) is 1.97. The molecule has 1 aromatic carbocycles. The lowest BCUT2D eigenvalue weighted by atomic mass is 9.84. The molecule has 0 N–H and O–H groups in total. The van der Waals surface area contributed by atoms with Crippen molar-refractivity contribution in [3.63, 3.8) is 0 Å². The van der Waals surface area contributed by atoms with E-state index in [-0.39, 0.29) is 5.41 Å². The Morgan fingerprint density at radius 1 is 1.29 bits per heavy atom. The minimum absolute atomic E-state index is 0.0506. The first kappa shape index (κ1) is 13.8. The fourth-order valence-electron chi connectivity index (χ4n) is 1.97. The maximum Gasteiger partial charge on any atom is 0.122 e. The molecule has 0 unspecified atom stereocenters. The van der Waals surface area contributed by atoms with Crippen molar-refractivity contribution in [3.8, 4) is 5.75 Å². The highest BCUT2D eigenvalue weighted by atomic mass is 16.5. The van der Waals surface area contributed by atoms with Gasteiger partial charge in [0.15, 0.2) is 0 Å². The Morgan fingerprint density at radius 3 is 2.41 bits per heavy atom. The van der Waals surface area contributed by atoms with Crippen LogP contribution in [0.15, 0.2) is 12.1 Å². The highest BCUT2D eigenvalue weighted by Gasteiger charge is 2.20. The second-order valence-corrected chi connectivity index (χ2v) is 5.43. The molecule has 0 aromatic heterocycles. The SMILES string of the molecule is COc1cc(C)c(CCC=O)cc1C(C)(C)C. The van der Waals surface area contributed by atoms with E-state index < -0.39 is 0 Å². The van der Waals surface area contributed by atoms with Crippen LogP contribution in [0.5, 0.6) is 5.75 Å². The Bertz CT molecular complexity index is 400. The summed E-state index contributed by atoms with van der Waals surface area (Å²) in [5.74, 6) is 0.935. The number of methoxy groups -OCH3 is 1. The molecule has 1 aromatic rings. The molecule has 2 heteroatoms. The Labute approximate surface area is 104 Å². The summed E-state index contributed by atoms with van der Waals surface area (Å²) in [6.07, 6.45) is 2.36. The van der Waals surface area contributed by atoms with Gasteiger partial charge in [-0.05, 0) is 41.5 Å². The van der Waals surface area contributed by atoms with E-state index in [2.05, 4.69) is 39.8 Å². The summed E-state index contributed by atoms with van der Waals surface area (Å²) < 4.78 is 5.44. The summed E-state index contributed by atoms with van der Waals surface area (Å²) in [7, 11) is 1.70. The molecule has 0 aliphatic carbocycles. The molecule has 17 heavy (non-hydrogen) atoms. The van der Waals surface area contributed by atoms with Gasteiger partial charge < -0.3 is 9.53 Å². The van der Waals surface area contributed by atoms with Gasteiger partial charge in [0.25, 0.3) is 0 Å². The van der Waals surface area contributed by atoms with Crippen LogP contribution in [0.2, 0.25) is 0 Å². The Balaban J connectivity index is 3.22. The first-order chi connectivity index (χ1) is 7.90. The normalized spacial score (nSPS) is 11.4. The van der Waals surface area contributed by atoms with Gasteiger partial charge in [-0.3, -0.25) is 0 Å². The van der Waals surface area contributed by atoms with Crippen molar-refractivity contribution in [1.82, 2.24) is 0 Å². The van der Waals surface area contributed by atoms with Crippen LogP contribution < -0.4 is 4.74 Å². The molecule has 0 saturated heterocycles. The molecule has 0 saturated carbocycles. The molecule has 0 spiro atoms. The molecular formula is C15H22O2. The van der Waals surface area contributed by atoms with Crippen molar-refractivity contribution in [2.24, 2.45) is 0 Å². The molecule has 94 valence electrons. The largest absolute Gasteiger partial charge is 0.496 e. The molecule has 0 fully saturated rings. The van der Waals surface area contributed by atoms with Crippen LogP contribution in [-0.2, 0) is 16.6 Å². The van der Waals surface area contributed by atoms with Gasteiger partial charge in [0.2, 0.25) is 0 Å². The predicted octanol–water partition coefficient (Wildman–Crippen LogP) is 3.43. The van der Waals surface area contributed by atoms with E-state index in [1.54, 1.807) is 7.11 Å². The van der Waals surface area contributed by atoms with Crippen LogP contribution in [-0.4, -0.2) is 13.4 Å². The molecule has 0 heterocycles. The number of benzene rings is 1. The minimum atomic E-state index is 0.0506. The number of hydrogen-bond acceptors (Lipinski definition) is 2. The summed E-state index contributed by atoms with van der Waals surface area (Å²) in [5.41, 5.74) is 3.68. The van der Waals surface area contributed by atoms with Gasteiger partial charge in [0.05, 0.1) is 7.11 Å². The Kier molecular flexibility index (Phi) is 4.33. The third kappa shape index (κ3) is 3.32. The predicted molar refractivity (Wildman–Crippen MR) is 70.8 cm³/mol. The third-order valence-electron chi connectivity index (χ3n) is 3.00. The maximum absolute atomic E-state index is 10.5. The smallest absolute Gasteiger partial charge is 0.122 e. The molecule has 0 bridgehead atoms. The fraction of sp³-hybridized carbons (Fsp3) is 0.533. The first-order valence-electron chi connectivity index (χ1n) is 6.01. The average molecular weight is 234 g/mol. The molecule has 0 atom stereocenters. The van der Waals surface area contributed by atoms with Crippen LogP contribution in [0.4, 0.5) is 0 Å². The number of carbonyl (C=O) groups excluding carboxylic acids is 1. The van der Waals surface area contributed by atoms with Crippen LogP contribution in [0.1, 0.15) is 43.9 Å². The molecule has 0 aliphatic heterocycles. The van der Waals surface area contributed by atoms with E-state index in [1.165, 1.54) is 16.7 Å². The number of aryl methyl sites for hydroxylation is 2. The lowest BCUT2D eigenvalue weighted by molar-refractivity contribution is -0.107. The Morgan fingerprint density at radius 2 is 1.94 bits per heavy atom. The quantitative estimate of drug-likeness (QED) is 0.746. The monoisotopic (exact) mass is 234 g/mol. The van der Waals surface area contributed by atoms with E-state index in [4.69, 9.17) is 4.74 Å². The molecule has 1 rings (SSSR count). The van der Waals surface area contributed by atoms with Crippen molar-refractivity contribution in [2.75, 3.05) is 7.11 Å². The van der Waals surface area contributed by atoms with Crippen molar-refractivity contribution in [2.45, 2.75) is 46.0 Å². The average Bonchev–Trinajstić information content (AvgIpc) is 2.25. The summed E-state index contributed by atoms with van der Waals surface area (Å²) in [5, 5.41) is 0. The van der Waals surface area contributed by atoms with E-state index >= 15 is 0 Å². The van der Waals surface area contributed by atoms with Crippen molar-refractivity contribution >= 4 is 6.29 Å². The number of hydrogen-bond donors (Lipinski definition) is 0. The number of rotatable bonds is 4. The summed E-state index contributed by atoms with van der Waals surface area (Å²) in [4.78, 5) is 10.5. The van der Waals surface area contributed by atoms with Crippen LogP contribution in [0.3, 0.4) is 0 Å². The second-order valence-electron chi connectivity index (χ2n) is 5.43. The number of carbonyl (C=O) groups is 1. The van der Waals surface area contributed by atoms with Crippen molar-refractivity contribution in [3.05, 3.63) is 28.8 Å². The molecule has 0 amide bonds. The summed E-state index contributed by atoms with van der Waals surface area (Å²) in [6.45, 7) is 8.58. The maximum atomic E-state index is 10.5.